The van der Waals surface area contributed by atoms with Gasteiger partial charge < -0.3 is 11.1 Å². The maximum atomic E-state index is 11.1. The molecule has 100 valence electrons. The van der Waals surface area contributed by atoms with Gasteiger partial charge in [-0.1, -0.05) is 12.1 Å². The SMILES string of the molecule is Cc1cc(C(N)=O)ccc1NCc1cccc(C#N)c1. The number of rotatable bonds is 4. The van der Waals surface area contributed by atoms with Crippen molar-refractivity contribution in [2.24, 2.45) is 5.73 Å². The second-order valence-corrected chi connectivity index (χ2v) is 4.56. The number of hydrogen-bond acceptors (Lipinski definition) is 3. The fourth-order valence-electron chi connectivity index (χ4n) is 1.96. The zero-order chi connectivity index (χ0) is 14.5. The van der Waals surface area contributed by atoms with Crippen LogP contribution in [0.2, 0.25) is 0 Å². The summed E-state index contributed by atoms with van der Waals surface area (Å²) in [5.74, 6) is -0.429. The Labute approximate surface area is 117 Å². The summed E-state index contributed by atoms with van der Waals surface area (Å²) in [6.07, 6.45) is 0. The quantitative estimate of drug-likeness (QED) is 0.891. The van der Waals surface area contributed by atoms with Crippen LogP contribution >= 0.6 is 0 Å². The highest BCUT2D eigenvalue weighted by atomic mass is 16.1. The number of anilines is 1. The molecule has 0 aromatic heterocycles. The third-order valence-corrected chi connectivity index (χ3v) is 3.05. The highest BCUT2D eigenvalue weighted by Crippen LogP contribution is 2.17. The predicted octanol–water partition coefficient (Wildman–Crippen LogP) is 2.58. The van der Waals surface area contributed by atoms with Crippen LogP contribution in [0.15, 0.2) is 42.5 Å². The van der Waals surface area contributed by atoms with Crippen LogP contribution in [0.5, 0.6) is 0 Å². The minimum absolute atomic E-state index is 0.429. The average Bonchev–Trinajstić information content (AvgIpc) is 2.46. The predicted molar refractivity (Wildman–Crippen MR) is 78.2 cm³/mol. The molecule has 2 aromatic carbocycles. The molecule has 2 rings (SSSR count). The molecule has 0 bridgehead atoms. The Morgan fingerprint density at radius 3 is 2.75 bits per heavy atom. The lowest BCUT2D eigenvalue weighted by Gasteiger charge is -2.10. The molecule has 0 aliphatic heterocycles. The highest BCUT2D eigenvalue weighted by Gasteiger charge is 2.04. The Morgan fingerprint density at radius 1 is 1.30 bits per heavy atom. The summed E-state index contributed by atoms with van der Waals surface area (Å²) in [7, 11) is 0. The highest BCUT2D eigenvalue weighted by molar-refractivity contribution is 5.93. The summed E-state index contributed by atoms with van der Waals surface area (Å²) in [5.41, 5.74) is 9.31. The first-order chi connectivity index (χ1) is 9.60. The lowest BCUT2D eigenvalue weighted by Crippen LogP contribution is -2.11. The van der Waals surface area contributed by atoms with Crippen LogP contribution in [0, 0.1) is 18.3 Å². The summed E-state index contributed by atoms with van der Waals surface area (Å²) in [6.45, 7) is 2.53. The van der Waals surface area contributed by atoms with Gasteiger partial charge >= 0.3 is 0 Å². The molecule has 4 heteroatoms. The molecule has 0 aliphatic carbocycles. The van der Waals surface area contributed by atoms with Gasteiger partial charge in [-0.05, 0) is 48.4 Å². The molecule has 3 N–H and O–H groups in total. The molecular formula is C16H15N3O. The van der Waals surface area contributed by atoms with Crippen LogP contribution in [0.3, 0.4) is 0 Å². The van der Waals surface area contributed by atoms with E-state index in [1.807, 2.05) is 31.2 Å². The Kier molecular flexibility index (Phi) is 4.02. The zero-order valence-electron chi connectivity index (χ0n) is 11.2. The van der Waals surface area contributed by atoms with Crippen molar-refractivity contribution in [3.05, 3.63) is 64.7 Å². The van der Waals surface area contributed by atoms with Gasteiger partial charge in [0.2, 0.25) is 5.91 Å². The molecule has 0 aliphatic rings. The molecule has 2 aromatic rings. The van der Waals surface area contributed by atoms with E-state index in [4.69, 9.17) is 11.0 Å². The van der Waals surface area contributed by atoms with Crippen LogP contribution < -0.4 is 11.1 Å². The van der Waals surface area contributed by atoms with Crippen molar-refractivity contribution in [2.45, 2.75) is 13.5 Å². The van der Waals surface area contributed by atoms with Crippen molar-refractivity contribution in [1.29, 1.82) is 5.26 Å². The lowest BCUT2D eigenvalue weighted by molar-refractivity contribution is 0.1000. The Bertz CT molecular complexity index is 686. The van der Waals surface area contributed by atoms with Gasteiger partial charge in [0.05, 0.1) is 11.6 Å². The number of carbonyl (C=O) groups is 1. The van der Waals surface area contributed by atoms with Gasteiger partial charge in [0, 0.05) is 17.8 Å². The van der Waals surface area contributed by atoms with Crippen LogP contribution in [0.25, 0.3) is 0 Å². The molecule has 0 saturated carbocycles. The fourth-order valence-corrected chi connectivity index (χ4v) is 1.96. The van der Waals surface area contributed by atoms with Gasteiger partial charge in [-0.15, -0.1) is 0 Å². The molecule has 0 heterocycles. The summed E-state index contributed by atoms with van der Waals surface area (Å²) in [5, 5.41) is 12.1. The zero-order valence-corrected chi connectivity index (χ0v) is 11.2. The number of aryl methyl sites for hydroxylation is 1. The second kappa shape index (κ2) is 5.89. The lowest BCUT2D eigenvalue weighted by atomic mass is 10.1. The van der Waals surface area contributed by atoms with E-state index in [0.29, 0.717) is 17.7 Å². The second-order valence-electron chi connectivity index (χ2n) is 4.56. The molecule has 1 amide bonds. The van der Waals surface area contributed by atoms with E-state index in [1.165, 1.54) is 0 Å². The van der Waals surface area contributed by atoms with Crippen molar-refractivity contribution in [2.75, 3.05) is 5.32 Å². The maximum Gasteiger partial charge on any atom is 0.248 e. The van der Waals surface area contributed by atoms with Gasteiger partial charge in [0.15, 0.2) is 0 Å². The Morgan fingerprint density at radius 2 is 2.10 bits per heavy atom. The number of benzene rings is 2. The molecule has 20 heavy (non-hydrogen) atoms. The molecule has 0 unspecified atom stereocenters. The molecule has 0 radical (unpaired) electrons. The van der Waals surface area contributed by atoms with Crippen molar-refractivity contribution < 1.29 is 4.79 Å². The topological polar surface area (TPSA) is 78.9 Å². The van der Waals surface area contributed by atoms with E-state index in [9.17, 15) is 4.79 Å². The average molecular weight is 265 g/mol. The molecule has 4 nitrogen and oxygen atoms in total. The van der Waals surface area contributed by atoms with E-state index in [0.717, 1.165) is 16.8 Å². The van der Waals surface area contributed by atoms with Gasteiger partial charge in [-0.3, -0.25) is 4.79 Å². The Hall–Kier alpha value is -2.80. The number of nitrogens with two attached hydrogens (primary N) is 1. The first-order valence-corrected chi connectivity index (χ1v) is 6.23. The molecule has 0 spiro atoms. The number of nitrogens with one attached hydrogen (secondary N) is 1. The summed E-state index contributed by atoms with van der Waals surface area (Å²) >= 11 is 0. The van der Waals surface area contributed by atoms with E-state index >= 15 is 0 Å². The number of primary amides is 1. The molecule has 0 fully saturated rings. The third-order valence-electron chi connectivity index (χ3n) is 3.05. The van der Waals surface area contributed by atoms with Gasteiger partial charge in [0.25, 0.3) is 0 Å². The van der Waals surface area contributed by atoms with Gasteiger partial charge in [-0.2, -0.15) is 5.26 Å². The molecular weight excluding hydrogens is 250 g/mol. The largest absolute Gasteiger partial charge is 0.381 e. The minimum atomic E-state index is -0.429. The number of nitrogens with zero attached hydrogens (tertiary/aromatic N) is 1. The molecule has 0 atom stereocenters. The van der Waals surface area contributed by atoms with Crippen molar-refractivity contribution >= 4 is 11.6 Å². The monoisotopic (exact) mass is 265 g/mol. The van der Waals surface area contributed by atoms with Gasteiger partial charge in [0.1, 0.15) is 0 Å². The van der Waals surface area contributed by atoms with Crippen molar-refractivity contribution in [3.63, 3.8) is 0 Å². The van der Waals surface area contributed by atoms with Crippen LogP contribution in [0.4, 0.5) is 5.69 Å². The summed E-state index contributed by atoms with van der Waals surface area (Å²) in [6, 6.07) is 14.9. The van der Waals surface area contributed by atoms with Crippen LogP contribution in [-0.4, -0.2) is 5.91 Å². The fraction of sp³-hybridized carbons (Fsp3) is 0.125. The third kappa shape index (κ3) is 3.15. The van der Waals surface area contributed by atoms with Gasteiger partial charge in [-0.25, -0.2) is 0 Å². The van der Waals surface area contributed by atoms with Crippen LogP contribution in [-0.2, 0) is 6.54 Å². The molecule has 0 saturated heterocycles. The number of nitriles is 1. The number of hydrogen-bond donors (Lipinski definition) is 2. The standard InChI is InChI=1S/C16H15N3O/c1-11-7-14(16(18)20)5-6-15(11)19-10-13-4-2-3-12(8-13)9-17/h2-8,19H,10H2,1H3,(H2,18,20). The Balaban J connectivity index is 2.11. The van der Waals surface area contributed by atoms with E-state index in [1.54, 1.807) is 18.2 Å². The number of carbonyl (C=O) groups excluding carboxylic acids is 1. The van der Waals surface area contributed by atoms with E-state index in [-0.39, 0.29) is 0 Å². The first-order valence-electron chi connectivity index (χ1n) is 6.23. The van der Waals surface area contributed by atoms with Crippen molar-refractivity contribution in [3.8, 4) is 6.07 Å². The maximum absolute atomic E-state index is 11.1. The summed E-state index contributed by atoms with van der Waals surface area (Å²) < 4.78 is 0. The number of amides is 1. The first kappa shape index (κ1) is 13.6. The normalized spacial score (nSPS) is 9.80. The van der Waals surface area contributed by atoms with E-state index in [2.05, 4.69) is 11.4 Å². The smallest absolute Gasteiger partial charge is 0.248 e. The van der Waals surface area contributed by atoms with E-state index < -0.39 is 5.91 Å². The minimum Gasteiger partial charge on any atom is -0.381 e. The summed E-state index contributed by atoms with van der Waals surface area (Å²) in [4.78, 5) is 11.1. The van der Waals surface area contributed by atoms with Crippen LogP contribution in [0.1, 0.15) is 27.0 Å². The van der Waals surface area contributed by atoms with Crippen molar-refractivity contribution in [1.82, 2.24) is 0 Å².